The molecule has 142 valence electrons. The highest BCUT2D eigenvalue weighted by molar-refractivity contribution is 5.62. The Morgan fingerprint density at radius 2 is 1.40 bits per heavy atom. The van der Waals surface area contributed by atoms with Gasteiger partial charge in [0.1, 0.15) is 5.75 Å². The second-order valence-electron chi connectivity index (χ2n) is 6.94. The molecule has 0 saturated heterocycles. The molecule has 0 spiro atoms. The van der Waals surface area contributed by atoms with Crippen molar-refractivity contribution in [1.29, 1.82) is 0 Å². The smallest absolute Gasteiger partial charge is 0.449 e. The molecule has 0 aliphatic carbocycles. The largest absolute Gasteiger partial charge is 0.511 e. The molecule has 0 heterocycles. The zero-order chi connectivity index (χ0) is 18.3. The molecule has 3 heteroatoms. The minimum absolute atomic E-state index is 0.534. The fourth-order valence-electron chi connectivity index (χ4n) is 3.32. The summed E-state index contributed by atoms with van der Waals surface area (Å²) in [6.07, 6.45) is 14.4. The lowest BCUT2D eigenvalue weighted by atomic mass is 9.95. The number of hydrogen-bond donors (Lipinski definition) is 1. The van der Waals surface area contributed by atoms with Crippen LogP contribution in [0.3, 0.4) is 0 Å². The minimum Gasteiger partial charge on any atom is -0.449 e. The Morgan fingerprint density at radius 1 is 0.840 bits per heavy atom. The molecule has 0 unspecified atom stereocenters. The number of unbranched alkanes of at least 4 members (excludes halogenated alkanes) is 9. The molecule has 1 N–H and O–H groups in total. The monoisotopic (exact) mass is 348 g/mol. The molecule has 1 aromatic carbocycles. The van der Waals surface area contributed by atoms with Crippen LogP contribution >= 0.6 is 0 Å². The van der Waals surface area contributed by atoms with E-state index in [-0.39, 0.29) is 0 Å². The normalized spacial score (nSPS) is 10.8. The fourth-order valence-corrected chi connectivity index (χ4v) is 3.32. The lowest BCUT2D eigenvalue weighted by Crippen LogP contribution is -2.07. The van der Waals surface area contributed by atoms with E-state index in [1.165, 1.54) is 69.8 Å². The summed E-state index contributed by atoms with van der Waals surface area (Å²) in [5, 5.41) is 9.00. The van der Waals surface area contributed by atoms with Crippen LogP contribution in [0.1, 0.15) is 95.6 Å². The third-order valence-electron chi connectivity index (χ3n) is 4.76. The van der Waals surface area contributed by atoms with Crippen LogP contribution in [-0.2, 0) is 12.8 Å². The molecule has 0 aliphatic heterocycles. The first-order valence-electron chi connectivity index (χ1n) is 10.2. The molecule has 0 fully saturated rings. The second kappa shape index (κ2) is 13.7. The van der Waals surface area contributed by atoms with E-state index < -0.39 is 6.16 Å². The zero-order valence-electron chi connectivity index (χ0n) is 16.2. The van der Waals surface area contributed by atoms with Crippen LogP contribution in [0.2, 0.25) is 0 Å². The van der Waals surface area contributed by atoms with Gasteiger partial charge in [0.2, 0.25) is 0 Å². The first-order chi connectivity index (χ1) is 12.2. The molecule has 1 aromatic rings. The summed E-state index contributed by atoms with van der Waals surface area (Å²) in [6, 6.07) is 5.85. The van der Waals surface area contributed by atoms with Crippen molar-refractivity contribution >= 4 is 6.16 Å². The fraction of sp³-hybridized carbons (Fsp3) is 0.682. The maximum atomic E-state index is 11.0. The standard InChI is InChI=1S/C22H36O3/c1-3-5-7-9-11-12-15-19-16-14-18-21(25-22(23)24)20(19)17-13-10-8-6-4-2/h14,16,18H,3-13,15,17H2,1-2H3,(H,23,24). The lowest BCUT2D eigenvalue weighted by Gasteiger charge is -2.14. The summed E-state index contributed by atoms with van der Waals surface area (Å²) in [5.41, 5.74) is 2.37. The summed E-state index contributed by atoms with van der Waals surface area (Å²) in [7, 11) is 0. The predicted molar refractivity (Wildman–Crippen MR) is 105 cm³/mol. The van der Waals surface area contributed by atoms with Crippen LogP contribution in [0.15, 0.2) is 18.2 Å². The quantitative estimate of drug-likeness (QED) is 0.220. The van der Waals surface area contributed by atoms with Crippen LogP contribution in [0.25, 0.3) is 0 Å². The van der Waals surface area contributed by atoms with Crippen LogP contribution in [-0.4, -0.2) is 11.3 Å². The van der Waals surface area contributed by atoms with Crippen molar-refractivity contribution in [2.45, 2.75) is 97.3 Å². The van der Waals surface area contributed by atoms with Gasteiger partial charge in [-0.3, -0.25) is 0 Å². The first kappa shape index (κ1) is 21.5. The summed E-state index contributed by atoms with van der Waals surface area (Å²) >= 11 is 0. The van der Waals surface area contributed by atoms with Gasteiger partial charge in [0.25, 0.3) is 0 Å². The molecular formula is C22H36O3. The first-order valence-corrected chi connectivity index (χ1v) is 10.2. The van der Waals surface area contributed by atoms with Crippen molar-refractivity contribution in [1.82, 2.24) is 0 Å². The molecule has 0 saturated carbocycles. The van der Waals surface area contributed by atoms with Crippen LogP contribution in [0.4, 0.5) is 4.79 Å². The SMILES string of the molecule is CCCCCCCCc1cccc(OC(=O)O)c1CCCCCCC. The van der Waals surface area contributed by atoms with Crippen LogP contribution in [0, 0.1) is 0 Å². The third-order valence-corrected chi connectivity index (χ3v) is 4.76. The maximum absolute atomic E-state index is 11.0. The molecule has 0 amide bonds. The lowest BCUT2D eigenvalue weighted by molar-refractivity contribution is 0.144. The van der Waals surface area contributed by atoms with Crippen molar-refractivity contribution in [3.05, 3.63) is 29.3 Å². The highest BCUT2D eigenvalue weighted by Crippen LogP contribution is 2.27. The number of aryl methyl sites for hydroxylation is 1. The van der Waals surface area contributed by atoms with Crippen molar-refractivity contribution in [3.8, 4) is 5.75 Å². The van der Waals surface area contributed by atoms with Gasteiger partial charge < -0.3 is 9.84 Å². The Kier molecular flexibility index (Phi) is 11.8. The Balaban J connectivity index is 2.61. The molecule has 0 atom stereocenters. The molecule has 0 aliphatic rings. The number of rotatable bonds is 14. The molecular weight excluding hydrogens is 312 g/mol. The molecule has 25 heavy (non-hydrogen) atoms. The third kappa shape index (κ3) is 9.52. The molecule has 0 bridgehead atoms. The zero-order valence-corrected chi connectivity index (χ0v) is 16.2. The van der Waals surface area contributed by atoms with E-state index in [1.807, 2.05) is 6.07 Å². The van der Waals surface area contributed by atoms with Crippen molar-refractivity contribution in [2.24, 2.45) is 0 Å². The van der Waals surface area contributed by atoms with Gasteiger partial charge in [0.05, 0.1) is 0 Å². The Bertz CT molecular complexity index is 482. The summed E-state index contributed by atoms with van der Waals surface area (Å²) < 4.78 is 5.04. The average molecular weight is 349 g/mol. The second-order valence-corrected chi connectivity index (χ2v) is 6.94. The topological polar surface area (TPSA) is 46.5 Å². The highest BCUT2D eigenvalue weighted by atomic mass is 16.7. The highest BCUT2D eigenvalue weighted by Gasteiger charge is 2.12. The van der Waals surface area contributed by atoms with Gasteiger partial charge in [0, 0.05) is 0 Å². The van der Waals surface area contributed by atoms with Gasteiger partial charge in [-0.1, -0.05) is 83.8 Å². The summed E-state index contributed by atoms with van der Waals surface area (Å²) in [4.78, 5) is 11.0. The maximum Gasteiger partial charge on any atom is 0.511 e. The van der Waals surface area contributed by atoms with Gasteiger partial charge in [-0.15, -0.1) is 0 Å². The van der Waals surface area contributed by atoms with Crippen LogP contribution in [0.5, 0.6) is 5.75 Å². The number of benzene rings is 1. The van der Waals surface area contributed by atoms with E-state index in [2.05, 4.69) is 19.9 Å². The van der Waals surface area contributed by atoms with Gasteiger partial charge in [-0.2, -0.15) is 0 Å². The minimum atomic E-state index is -1.22. The van der Waals surface area contributed by atoms with Gasteiger partial charge in [-0.25, -0.2) is 4.79 Å². The van der Waals surface area contributed by atoms with Crippen LogP contribution < -0.4 is 4.74 Å². The van der Waals surface area contributed by atoms with E-state index in [1.54, 1.807) is 6.07 Å². The number of ether oxygens (including phenoxy) is 1. The van der Waals surface area contributed by atoms with Gasteiger partial charge in [0.15, 0.2) is 0 Å². The molecule has 1 rings (SSSR count). The Hall–Kier alpha value is -1.51. The van der Waals surface area contributed by atoms with Gasteiger partial charge in [-0.05, 0) is 42.9 Å². The van der Waals surface area contributed by atoms with Crippen molar-refractivity contribution in [2.75, 3.05) is 0 Å². The van der Waals surface area contributed by atoms with E-state index >= 15 is 0 Å². The average Bonchev–Trinajstić information content (AvgIpc) is 2.59. The molecule has 0 aromatic heterocycles. The van der Waals surface area contributed by atoms with E-state index in [0.29, 0.717) is 5.75 Å². The number of carboxylic acid groups (broad SMARTS) is 1. The predicted octanol–water partition coefficient (Wildman–Crippen LogP) is 7.16. The number of carbonyl (C=O) groups is 1. The summed E-state index contributed by atoms with van der Waals surface area (Å²) in [6.45, 7) is 4.45. The van der Waals surface area contributed by atoms with Crippen molar-refractivity contribution in [3.63, 3.8) is 0 Å². The van der Waals surface area contributed by atoms with E-state index in [0.717, 1.165) is 24.8 Å². The van der Waals surface area contributed by atoms with E-state index in [4.69, 9.17) is 9.84 Å². The Labute approximate surface area is 153 Å². The van der Waals surface area contributed by atoms with Gasteiger partial charge >= 0.3 is 6.16 Å². The summed E-state index contributed by atoms with van der Waals surface area (Å²) in [5.74, 6) is 0.534. The molecule has 3 nitrogen and oxygen atoms in total. The Morgan fingerprint density at radius 3 is 2.00 bits per heavy atom. The number of hydrogen-bond acceptors (Lipinski definition) is 2. The van der Waals surface area contributed by atoms with Crippen molar-refractivity contribution < 1.29 is 14.6 Å². The molecule has 0 radical (unpaired) electrons. The van der Waals surface area contributed by atoms with E-state index in [9.17, 15) is 4.79 Å².